The van der Waals surface area contributed by atoms with Crippen molar-refractivity contribution >= 4 is 24.6 Å². The minimum atomic E-state index is -0.382. The van der Waals surface area contributed by atoms with Crippen molar-refractivity contribution in [3.8, 4) is 0 Å². The summed E-state index contributed by atoms with van der Waals surface area (Å²) in [5.74, 6) is 0.286. The summed E-state index contributed by atoms with van der Waals surface area (Å²) >= 11 is 4.14. The van der Waals surface area contributed by atoms with Gasteiger partial charge in [-0.2, -0.15) is 12.6 Å². The minimum Gasteiger partial charge on any atom is -0.309 e. The highest BCUT2D eigenvalue weighted by Crippen LogP contribution is 2.21. The lowest BCUT2D eigenvalue weighted by molar-refractivity contribution is -0.127. The Labute approximate surface area is 96.0 Å². The summed E-state index contributed by atoms with van der Waals surface area (Å²) in [5.41, 5.74) is 0. The third kappa shape index (κ3) is 2.12. The van der Waals surface area contributed by atoms with E-state index in [2.05, 4.69) is 12.6 Å². The monoisotopic (exact) mass is 230 g/mol. The van der Waals surface area contributed by atoms with Crippen LogP contribution in [0, 0.1) is 0 Å². The second-order valence-electron chi connectivity index (χ2n) is 3.97. The standard InChI is InChI=1S/C10H18N2O2S/c1-4-5-11-9(13)8(6-15)12(7(2)3)10(11)14/h7-8,15H,4-6H2,1-3H3. The molecule has 5 heteroatoms. The molecule has 3 amide bonds. The number of thiol groups is 1. The first kappa shape index (κ1) is 12.4. The molecule has 1 atom stereocenters. The molecule has 1 saturated heterocycles. The van der Waals surface area contributed by atoms with Crippen LogP contribution >= 0.6 is 12.6 Å². The highest BCUT2D eigenvalue weighted by atomic mass is 32.1. The molecule has 0 aliphatic carbocycles. The van der Waals surface area contributed by atoms with Crippen LogP contribution in [0.5, 0.6) is 0 Å². The van der Waals surface area contributed by atoms with E-state index in [0.717, 1.165) is 6.42 Å². The largest absolute Gasteiger partial charge is 0.327 e. The van der Waals surface area contributed by atoms with Crippen LogP contribution < -0.4 is 0 Å². The quantitative estimate of drug-likeness (QED) is 0.585. The lowest BCUT2D eigenvalue weighted by Gasteiger charge is -2.24. The number of hydrogen-bond acceptors (Lipinski definition) is 3. The molecule has 1 rings (SSSR count). The molecule has 0 N–H and O–H groups in total. The Bertz CT molecular complexity index is 268. The molecule has 1 fully saturated rings. The first-order valence-corrected chi connectivity index (χ1v) is 5.92. The summed E-state index contributed by atoms with van der Waals surface area (Å²) in [5, 5.41) is 0. The number of amides is 3. The Morgan fingerprint density at radius 1 is 1.40 bits per heavy atom. The number of rotatable bonds is 4. The van der Waals surface area contributed by atoms with Crippen molar-refractivity contribution in [2.75, 3.05) is 12.3 Å². The average Bonchev–Trinajstić information content (AvgIpc) is 2.41. The molecule has 0 saturated carbocycles. The van der Waals surface area contributed by atoms with Gasteiger partial charge in [-0.05, 0) is 20.3 Å². The first-order chi connectivity index (χ1) is 7.04. The van der Waals surface area contributed by atoms with Gasteiger partial charge in [-0.1, -0.05) is 6.92 Å². The van der Waals surface area contributed by atoms with Gasteiger partial charge >= 0.3 is 6.03 Å². The van der Waals surface area contributed by atoms with E-state index >= 15 is 0 Å². The van der Waals surface area contributed by atoms with E-state index in [9.17, 15) is 9.59 Å². The molecule has 1 aliphatic rings. The van der Waals surface area contributed by atoms with Gasteiger partial charge in [0.05, 0.1) is 0 Å². The fraction of sp³-hybridized carbons (Fsp3) is 0.800. The molecule has 0 aromatic heterocycles. The summed E-state index contributed by atoms with van der Waals surface area (Å²) in [4.78, 5) is 26.7. The summed E-state index contributed by atoms with van der Waals surface area (Å²) in [6.45, 7) is 6.29. The van der Waals surface area contributed by atoms with Gasteiger partial charge in [0.15, 0.2) is 0 Å². The fourth-order valence-corrected chi connectivity index (χ4v) is 2.17. The Balaban J connectivity index is 2.91. The Morgan fingerprint density at radius 2 is 2.00 bits per heavy atom. The van der Waals surface area contributed by atoms with E-state index in [4.69, 9.17) is 0 Å². The number of carbonyl (C=O) groups excluding carboxylic acids is 2. The molecule has 4 nitrogen and oxygen atoms in total. The molecule has 15 heavy (non-hydrogen) atoms. The molecule has 1 unspecified atom stereocenters. The smallest absolute Gasteiger partial charge is 0.309 e. The van der Waals surface area contributed by atoms with Crippen LogP contribution in [0.3, 0.4) is 0 Å². The number of nitrogens with zero attached hydrogens (tertiary/aromatic N) is 2. The van der Waals surface area contributed by atoms with Gasteiger partial charge in [0.2, 0.25) is 0 Å². The van der Waals surface area contributed by atoms with Crippen molar-refractivity contribution in [1.29, 1.82) is 0 Å². The van der Waals surface area contributed by atoms with Crippen LogP contribution in [0.4, 0.5) is 4.79 Å². The lowest BCUT2D eigenvalue weighted by Crippen LogP contribution is -2.41. The zero-order valence-corrected chi connectivity index (χ0v) is 10.3. The van der Waals surface area contributed by atoms with Crippen molar-refractivity contribution in [1.82, 2.24) is 9.80 Å². The zero-order chi connectivity index (χ0) is 11.6. The maximum atomic E-state index is 11.9. The number of urea groups is 1. The second kappa shape index (κ2) is 4.88. The molecular formula is C10H18N2O2S. The average molecular weight is 230 g/mol. The zero-order valence-electron chi connectivity index (χ0n) is 9.43. The highest BCUT2D eigenvalue weighted by Gasteiger charge is 2.44. The van der Waals surface area contributed by atoms with Gasteiger partial charge in [-0.15, -0.1) is 0 Å². The van der Waals surface area contributed by atoms with E-state index in [0.29, 0.717) is 12.3 Å². The van der Waals surface area contributed by atoms with E-state index < -0.39 is 0 Å². The van der Waals surface area contributed by atoms with Gasteiger partial charge in [-0.3, -0.25) is 9.69 Å². The van der Waals surface area contributed by atoms with Crippen molar-refractivity contribution < 1.29 is 9.59 Å². The van der Waals surface area contributed by atoms with Crippen LogP contribution in [0.15, 0.2) is 0 Å². The van der Waals surface area contributed by atoms with Gasteiger partial charge in [0, 0.05) is 18.3 Å². The molecule has 1 aliphatic heterocycles. The predicted molar refractivity (Wildman–Crippen MR) is 62.0 cm³/mol. The van der Waals surface area contributed by atoms with Gasteiger partial charge in [0.1, 0.15) is 6.04 Å². The predicted octanol–water partition coefficient (Wildman–Crippen LogP) is 1.37. The van der Waals surface area contributed by atoms with E-state index in [1.54, 1.807) is 4.90 Å². The van der Waals surface area contributed by atoms with Crippen molar-refractivity contribution in [2.24, 2.45) is 0 Å². The summed E-state index contributed by atoms with van der Waals surface area (Å²) in [6, 6.07) is -0.510. The molecule has 0 aromatic carbocycles. The van der Waals surface area contributed by atoms with Crippen LogP contribution in [0.2, 0.25) is 0 Å². The first-order valence-electron chi connectivity index (χ1n) is 5.29. The van der Waals surface area contributed by atoms with E-state index in [1.165, 1.54) is 4.90 Å². The normalized spacial score (nSPS) is 22.1. The Kier molecular flexibility index (Phi) is 4.02. The van der Waals surface area contributed by atoms with Crippen LogP contribution in [-0.2, 0) is 4.79 Å². The molecule has 0 spiro atoms. The van der Waals surface area contributed by atoms with E-state index in [-0.39, 0.29) is 24.0 Å². The summed E-state index contributed by atoms with van der Waals surface area (Å²) < 4.78 is 0. The minimum absolute atomic E-state index is 0.0421. The van der Waals surface area contributed by atoms with Crippen LogP contribution in [0.25, 0.3) is 0 Å². The second-order valence-corrected chi connectivity index (χ2v) is 4.34. The van der Waals surface area contributed by atoms with Gasteiger partial charge in [0.25, 0.3) is 5.91 Å². The van der Waals surface area contributed by atoms with Crippen molar-refractivity contribution in [2.45, 2.75) is 39.3 Å². The summed E-state index contributed by atoms with van der Waals surface area (Å²) in [6.07, 6.45) is 0.794. The van der Waals surface area contributed by atoms with Gasteiger partial charge < -0.3 is 4.90 Å². The van der Waals surface area contributed by atoms with E-state index in [1.807, 2.05) is 20.8 Å². The summed E-state index contributed by atoms with van der Waals surface area (Å²) in [7, 11) is 0. The fourth-order valence-electron chi connectivity index (χ4n) is 1.84. The molecule has 86 valence electrons. The SMILES string of the molecule is CCCN1C(=O)C(CS)N(C(C)C)C1=O. The highest BCUT2D eigenvalue weighted by molar-refractivity contribution is 7.80. The number of carbonyl (C=O) groups is 2. The number of hydrogen-bond donors (Lipinski definition) is 1. The molecule has 0 radical (unpaired) electrons. The molecule has 1 heterocycles. The Morgan fingerprint density at radius 3 is 2.33 bits per heavy atom. The number of imide groups is 1. The maximum Gasteiger partial charge on any atom is 0.327 e. The molecular weight excluding hydrogens is 212 g/mol. The van der Waals surface area contributed by atoms with Crippen LogP contribution in [-0.4, -0.2) is 46.1 Å². The molecule has 0 aromatic rings. The lowest BCUT2D eigenvalue weighted by atomic mass is 10.2. The van der Waals surface area contributed by atoms with Crippen LogP contribution in [0.1, 0.15) is 27.2 Å². The maximum absolute atomic E-state index is 11.9. The topological polar surface area (TPSA) is 40.6 Å². The third-order valence-corrected chi connectivity index (χ3v) is 2.86. The molecule has 0 bridgehead atoms. The Hall–Kier alpha value is -0.710. The van der Waals surface area contributed by atoms with Gasteiger partial charge in [-0.25, -0.2) is 4.79 Å². The van der Waals surface area contributed by atoms with Crippen molar-refractivity contribution in [3.63, 3.8) is 0 Å². The third-order valence-electron chi connectivity index (χ3n) is 2.52. The van der Waals surface area contributed by atoms with Crippen molar-refractivity contribution in [3.05, 3.63) is 0 Å².